The van der Waals surface area contributed by atoms with Crippen molar-refractivity contribution in [1.82, 2.24) is 20.4 Å². The molecule has 0 spiro atoms. The number of morpholine rings is 1. The third kappa shape index (κ3) is 6.82. The van der Waals surface area contributed by atoms with Crippen LogP contribution in [0.4, 0.5) is 0 Å². The van der Waals surface area contributed by atoms with Crippen LogP contribution in [-0.4, -0.2) is 86.2 Å². The lowest BCUT2D eigenvalue weighted by atomic mass is 9.92. The van der Waals surface area contributed by atoms with Crippen LogP contribution < -0.4 is 10.6 Å². The largest absolute Gasteiger partial charge is 0.379 e. The Kier molecular flexibility index (Phi) is 9.91. The number of amides is 1. The molecule has 1 aliphatic carbocycles. The summed E-state index contributed by atoms with van der Waals surface area (Å²) < 4.78 is 5.58. The summed E-state index contributed by atoms with van der Waals surface area (Å²) in [7, 11) is 0. The van der Waals surface area contributed by atoms with Crippen molar-refractivity contribution in [1.29, 1.82) is 0 Å². The molecule has 2 saturated heterocycles. The standard InChI is InChI=1S/C24H45N5O2/c1-4-19(5-2)22(28-13-15-31-16-14-28)17-26-24(25-6-3)27-21-11-12-29(18-21)23(30)20-9-7-8-10-20/h19-22H,4-18H2,1-3H3,(H2,25,26,27). The second-order valence-electron chi connectivity index (χ2n) is 9.41. The van der Waals surface area contributed by atoms with Crippen molar-refractivity contribution < 1.29 is 9.53 Å². The van der Waals surface area contributed by atoms with Crippen LogP contribution in [0, 0.1) is 11.8 Å². The first-order valence-electron chi connectivity index (χ1n) is 12.8. The third-order valence-electron chi connectivity index (χ3n) is 7.43. The minimum Gasteiger partial charge on any atom is -0.379 e. The lowest BCUT2D eigenvalue weighted by molar-refractivity contribution is -0.134. The molecule has 7 nitrogen and oxygen atoms in total. The fourth-order valence-corrected chi connectivity index (χ4v) is 5.51. The molecular weight excluding hydrogens is 390 g/mol. The highest BCUT2D eigenvalue weighted by molar-refractivity contribution is 5.81. The van der Waals surface area contributed by atoms with Gasteiger partial charge in [-0.3, -0.25) is 14.7 Å². The van der Waals surface area contributed by atoms with Crippen molar-refractivity contribution in [2.75, 3.05) is 52.5 Å². The van der Waals surface area contributed by atoms with Gasteiger partial charge in [0.25, 0.3) is 0 Å². The van der Waals surface area contributed by atoms with Gasteiger partial charge in [-0.1, -0.05) is 39.5 Å². The van der Waals surface area contributed by atoms with Crippen molar-refractivity contribution in [3.05, 3.63) is 0 Å². The Morgan fingerprint density at radius 2 is 1.77 bits per heavy atom. The minimum atomic E-state index is 0.273. The normalized spacial score (nSPS) is 24.7. The van der Waals surface area contributed by atoms with Crippen molar-refractivity contribution in [3.8, 4) is 0 Å². The molecule has 2 unspecified atom stereocenters. The molecule has 1 saturated carbocycles. The number of carbonyl (C=O) groups excluding carboxylic acids is 1. The van der Waals surface area contributed by atoms with E-state index in [1.54, 1.807) is 0 Å². The molecule has 7 heteroatoms. The van der Waals surface area contributed by atoms with E-state index in [4.69, 9.17) is 9.73 Å². The molecule has 3 fully saturated rings. The van der Waals surface area contributed by atoms with Gasteiger partial charge in [0.2, 0.25) is 5.91 Å². The Bertz CT molecular complexity index is 568. The topological polar surface area (TPSA) is 69.2 Å². The van der Waals surface area contributed by atoms with Crippen molar-refractivity contribution in [2.24, 2.45) is 16.8 Å². The molecule has 0 aromatic carbocycles. The number of nitrogens with zero attached hydrogens (tertiary/aromatic N) is 3. The van der Waals surface area contributed by atoms with Crippen molar-refractivity contribution in [3.63, 3.8) is 0 Å². The number of likely N-dealkylation sites (tertiary alicyclic amines) is 1. The maximum absolute atomic E-state index is 12.8. The number of rotatable bonds is 9. The molecule has 1 amide bonds. The van der Waals surface area contributed by atoms with E-state index in [1.165, 1.54) is 25.7 Å². The van der Waals surface area contributed by atoms with Gasteiger partial charge in [-0.05, 0) is 32.1 Å². The monoisotopic (exact) mass is 435 g/mol. The van der Waals surface area contributed by atoms with Gasteiger partial charge in [0.15, 0.2) is 5.96 Å². The van der Waals surface area contributed by atoms with Crippen LogP contribution in [0.25, 0.3) is 0 Å². The van der Waals surface area contributed by atoms with E-state index in [9.17, 15) is 4.79 Å². The van der Waals surface area contributed by atoms with Crippen LogP contribution in [0.3, 0.4) is 0 Å². The number of guanidine groups is 1. The average molecular weight is 436 g/mol. The maximum Gasteiger partial charge on any atom is 0.225 e. The Labute approximate surface area is 189 Å². The van der Waals surface area contributed by atoms with E-state index in [2.05, 4.69) is 41.2 Å². The summed E-state index contributed by atoms with van der Waals surface area (Å²) in [5, 5.41) is 7.06. The van der Waals surface area contributed by atoms with Crippen LogP contribution >= 0.6 is 0 Å². The summed E-state index contributed by atoms with van der Waals surface area (Å²) in [4.78, 5) is 22.5. The van der Waals surface area contributed by atoms with Gasteiger partial charge >= 0.3 is 0 Å². The summed E-state index contributed by atoms with van der Waals surface area (Å²) >= 11 is 0. The van der Waals surface area contributed by atoms with Crippen molar-refractivity contribution in [2.45, 2.75) is 77.8 Å². The van der Waals surface area contributed by atoms with Gasteiger partial charge < -0.3 is 20.3 Å². The van der Waals surface area contributed by atoms with Crippen LogP contribution in [0.15, 0.2) is 4.99 Å². The number of ether oxygens (including phenoxy) is 1. The highest BCUT2D eigenvalue weighted by Crippen LogP contribution is 2.28. The van der Waals surface area contributed by atoms with Crippen molar-refractivity contribution >= 4 is 11.9 Å². The van der Waals surface area contributed by atoms with E-state index < -0.39 is 0 Å². The summed E-state index contributed by atoms with van der Waals surface area (Å²) in [5.41, 5.74) is 0. The molecule has 2 atom stereocenters. The predicted octanol–water partition coefficient (Wildman–Crippen LogP) is 2.47. The quantitative estimate of drug-likeness (QED) is 0.430. The van der Waals surface area contributed by atoms with Crippen LogP contribution in [-0.2, 0) is 9.53 Å². The highest BCUT2D eigenvalue weighted by atomic mass is 16.5. The minimum absolute atomic E-state index is 0.273. The molecule has 31 heavy (non-hydrogen) atoms. The molecule has 2 N–H and O–H groups in total. The van der Waals surface area contributed by atoms with Gasteiger partial charge in [-0.2, -0.15) is 0 Å². The zero-order chi connectivity index (χ0) is 22.1. The molecule has 0 radical (unpaired) electrons. The van der Waals surface area contributed by atoms with Gasteiger partial charge in [0, 0.05) is 50.7 Å². The van der Waals surface area contributed by atoms with Crippen LogP contribution in [0.2, 0.25) is 0 Å². The highest BCUT2D eigenvalue weighted by Gasteiger charge is 2.33. The smallest absolute Gasteiger partial charge is 0.225 e. The lowest BCUT2D eigenvalue weighted by Gasteiger charge is -2.38. The molecule has 0 bridgehead atoms. The zero-order valence-electron chi connectivity index (χ0n) is 20.1. The first-order valence-corrected chi connectivity index (χ1v) is 12.8. The second kappa shape index (κ2) is 12.6. The maximum atomic E-state index is 12.8. The van der Waals surface area contributed by atoms with Gasteiger partial charge in [-0.15, -0.1) is 0 Å². The number of aliphatic imine (C=N–C) groups is 1. The molecule has 178 valence electrons. The Morgan fingerprint density at radius 1 is 1.06 bits per heavy atom. The van der Waals surface area contributed by atoms with Crippen LogP contribution in [0.5, 0.6) is 0 Å². The Morgan fingerprint density at radius 3 is 2.42 bits per heavy atom. The zero-order valence-corrected chi connectivity index (χ0v) is 20.1. The first kappa shape index (κ1) is 24.3. The number of hydrogen-bond donors (Lipinski definition) is 2. The third-order valence-corrected chi connectivity index (χ3v) is 7.43. The fraction of sp³-hybridized carbons (Fsp3) is 0.917. The van der Waals surface area contributed by atoms with Gasteiger partial charge in [0.05, 0.1) is 19.8 Å². The molecular formula is C24H45N5O2. The van der Waals surface area contributed by atoms with E-state index in [0.29, 0.717) is 17.9 Å². The molecule has 2 aliphatic heterocycles. The molecule has 0 aromatic heterocycles. The molecule has 3 aliphatic rings. The summed E-state index contributed by atoms with van der Waals surface area (Å²) in [5.74, 6) is 2.20. The summed E-state index contributed by atoms with van der Waals surface area (Å²) in [6, 6.07) is 0.747. The van der Waals surface area contributed by atoms with E-state index >= 15 is 0 Å². The lowest BCUT2D eigenvalue weighted by Crippen LogP contribution is -2.50. The molecule has 3 rings (SSSR count). The predicted molar refractivity (Wildman–Crippen MR) is 126 cm³/mol. The summed E-state index contributed by atoms with van der Waals surface area (Å²) in [6.07, 6.45) is 7.95. The second-order valence-corrected chi connectivity index (χ2v) is 9.41. The number of carbonyl (C=O) groups is 1. The SMILES string of the molecule is CCNC(=NCC(C(CC)CC)N1CCOCC1)NC1CCN(C(=O)C2CCCC2)C1. The van der Waals surface area contributed by atoms with Gasteiger partial charge in [0.1, 0.15) is 0 Å². The fourth-order valence-electron chi connectivity index (χ4n) is 5.51. The summed E-state index contributed by atoms with van der Waals surface area (Å²) in [6.45, 7) is 13.7. The first-order chi connectivity index (χ1) is 15.2. The Hall–Kier alpha value is -1.34. The van der Waals surface area contributed by atoms with Crippen LogP contribution in [0.1, 0.15) is 65.7 Å². The van der Waals surface area contributed by atoms with E-state index in [0.717, 1.165) is 77.7 Å². The number of hydrogen-bond acceptors (Lipinski definition) is 4. The molecule has 2 heterocycles. The van der Waals surface area contributed by atoms with E-state index in [-0.39, 0.29) is 12.0 Å². The number of nitrogens with one attached hydrogen (secondary N) is 2. The Balaban J connectivity index is 1.58. The van der Waals surface area contributed by atoms with E-state index in [1.807, 2.05) is 0 Å². The molecule has 0 aromatic rings. The average Bonchev–Trinajstić information content (AvgIpc) is 3.49. The van der Waals surface area contributed by atoms with Gasteiger partial charge in [-0.25, -0.2) is 0 Å².